The van der Waals surface area contributed by atoms with Gasteiger partial charge in [0.25, 0.3) is 0 Å². The Morgan fingerprint density at radius 3 is 2.46 bits per heavy atom. The molecule has 2 nitrogen and oxygen atoms in total. The van der Waals surface area contributed by atoms with Crippen molar-refractivity contribution in [3.63, 3.8) is 0 Å². The highest BCUT2D eigenvalue weighted by atomic mass is 79.9. The fourth-order valence-electron chi connectivity index (χ4n) is 1.03. The van der Waals surface area contributed by atoms with Crippen LogP contribution >= 0.6 is 15.9 Å². The molecule has 0 fully saturated rings. The Bertz CT molecular complexity index is 109. The van der Waals surface area contributed by atoms with Crippen LogP contribution in [0.15, 0.2) is 0 Å². The van der Waals surface area contributed by atoms with E-state index in [1.165, 1.54) is 0 Å². The molecule has 0 saturated heterocycles. The second-order valence-electron chi connectivity index (χ2n) is 3.57. The van der Waals surface area contributed by atoms with E-state index < -0.39 is 0 Å². The Morgan fingerprint density at radius 2 is 2.00 bits per heavy atom. The van der Waals surface area contributed by atoms with Gasteiger partial charge in [-0.05, 0) is 12.3 Å². The Morgan fingerprint density at radius 1 is 1.31 bits per heavy atom. The van der Waals surface area contributed by atoms with Crippen molar-refractivity contribution in [1.82, 2.24) is 5.32 Å². The predicted octanol–water partition coefficient (Wildman–Crippen LogP) is 2.42. The molecule has 0 spiro atoms. The molecule has 0 aromatic heterocycles. The van der Waals surface area contributed by atoms with Gasteiger partial charge in [0.2, 0.25) is 0 Å². The average Bonchev–Trinajstić information content (AvgIpc) is 2.10. The summed E-state index contributed by atoms with van der Waals surface area (Å²) >= 11 is 3.50. The summed E-state index contributed by atoms with van der Waals surface area (Å²) in [4.78, 5) is 0. The highest BCUT2D eigenvalue weighted by molar-refractivity contribution is 9.09. The van der Waals surface area contributed by atoms with Crippen LogP contribution in [0, 0.1) is 5.92 Å². The van der Waals surface area contributed by atoms with Crippen LogP contribution in [-0.2, 0) is 4.74 Å². The molecular weight excluding hydrogens is 230 g/mol. The van der Waals surface area contributed by atoms with Gasteiger partial charge in [-0.1, -0.05) is 36.7 Å². The van der Waals surface area contributed by atoms with Crippen LogP contribution in [0.25, 0.3) is 0 Å². The lowest BCUT2D eigenvalue weighted by molar-refractivity contribution is 0.133. The summed E-state index contributed by atoms with van der Waals surface area (Å²) in [6, 6.07) is 0.560. The summed E-state index contributed by atoms with van der Waals surface area (Å²) < 4.78 is 5.38. The van der Waals surface area contributed by atoms with E-state index in [0.29, 0.717) is 12.0 Å². The van der Waals surface area contributed by atoms with Gasteiger partial charge in [-0.2, -0.15) is 0 Å². The molecule has 0 aliphatic heterocycles. The van der Waals surface area contributed by atoms with Crippen LogP contribution in [0.3, 0.4) is 0 Å². The molecule has 0 aliphatic rings. The standard InChI is InChI=1S/C10H22BrNO/c1-4-6-13-7-5-12-10(8-11)9(2)3/h9-10,12H,4-8H2,1-3H3. The summed E-state index contributed by atoms with van der Waals surface area (Å²) in [5, 5.41) is 4.47. The number of halogens is 1. The molecule has 0 aromatic rings. The molecule has 0 radical (unpaired) electrons. The monoisotopic (exact) mass is 251 g/mol. The molecule has 0 aliphatic carbocycles. The van der Waals surface area contributed by atoms with Gasteiger partial charge in [0.15, 0.2) is 0 Å². The van der Waals surface area contributed by atoms with Gasteiger partial charge >= 0.3 is 0 Å². The van der Waals surface area contributed by atoms with Gasteiger partial charge < -0.3 is 10.1 Å². The Balaban J connectivity index is 3.28. The van der Waals surface area contributed by atoms with Crippen LogP contribution in [0.5, 0.6) is 0 Å². The Hall–Kier alpha value is 0.400. The van der Waals surface area contributed by atoms with Crippen molar-refractivity contribution >= 4 is 15.9 Å². The summed E-state index contributed by atoms with van der Waals surface area (Å²) in [6.07, 6.45) is 1.10. The van der Waals surface area contributed by atoms with Gasteiger partial charge in [0.05, 0.1) is 6.61 Å². The summed E-state index contributed by atoms with van der Waals surface area (Å²) in [6.45, 7) is 9.24. The van der Waals surface area contributed by atoms with Crippen LogP contribution in [0.4, 0.5) is 0 Å². The van der Waals surface area contributed by atoms with E-state index in [-0.39, 0.29) is 0 Å². The normalized spacial score (nSPS) is 13.6. The first-order valence-corrected chi connectivity index (χ1v) is 6.21. The van der Waals surface area contributed by atoms with Crippen molar-refractivity contribution in [3.8, 4) is 0 Å². The fraction of sp³-hybridized carbons (Fsp3) is 1.00. The minimum atomic E-state index is 0.560. The molecule has 1 unspecified atom stereocenters. The molecule has 13 heavy (non-hydrogen) atoms. The number of hydrogen-bond donors (Lipinski definition) is 1. The Kier molecular flexibility index (Phi) is 9.25. The van der Waals surface area contributed by atoms with Crippen molar-refractivity contribution in [2.24, 2.45) is 5.92 Å². The zero-order chi connectivity index (χ0) is 10.1. The number of rotatable bonds is 8. The summed E-state index contributed by atoms with van der Waals surface area (Å²) in [7, 11) is 0. The molecule has 1 N–H and O–H groups in total. The predicted molar refractivity (Wildman–Crippen MR) is 61.5 cm³/mol. The first-order chi connectivity index (χ1) is 6.22. The second-order valence-corrected chi connectivity index (χ2v) is 4.22. The van der Waals surface area contributed by atoms with E-state index >= 15 is 0 Å². The van der Waals surface area contributed by atoms with Crippen molar-refractivity contribution < 1.29 is 4.74 Å². The lowest BCUT2D eigenvalue weighted by Crippen LogP contribution is -2.37. The maximum atomic E-state index is 5.38. The molecule has 0 rings (SSSR count). The molecule has 0 bridgehead atoms. The van der Waals surface area contributed by atoms with E-state index in [1.54, 1.807) is 0 Å². The lowest BCUT2D eigenvalue weighted by Gasteiger charge is -2.19. The molecule has 0 aromatic carbocycles. The van der Waals surface area contributed by atoms with Crippen molar-refractivity contribution in [2.45, 2.75) is 33.2 Å². The Labute approximate surface area is 90.6 Å². The molecular formula is C10H22BrNO. The van der Waals surface area contributed by atoms with E-state index in [4.69, 9.17) is 4.74 Å². The third-order valence-corrected chi connectivity index (χ3v) is 2.67. The average molecular weight is 252 g/mol. The van der Waals surface area contributed by atoms with Crippen molar-refractivity contribution in [1.29, 1.82) is 0 Å². The topological polar surface area (TPSA) is 21.3 Å². The SMILES string of the molecule is CCCOCCNC(CBr)C(C)C. The van der Waals surface area contributed by atoms with Gasteiger partial charge in [-0.15, -0.1) is 0 Å². The first-order valence-electron chi connectivity index (χ1n) is 5.09. The van der Waals surface area contributed by atoms with Gasteiger partial charge in [0, 0.05) is 24.5 Å². The van der Waals surface area contributed by atoms with Crippen molar-refractivity contribution in [2.75, 3.05) is 25.1 Å². The van der Waals surface area contributed by atoms with E-state index in [0.717, 1.165) is 31.5 Å². The lowest BCUT2D eigenvalue weighted by atomic mass is 10.1. The minimum Gasteiger partial charge on any atom is -0.380 e. The smallest absolute Gasteiger partial charge is 0.0591 e. The second kappa shape index (κ2) is 8.97. The van der Waals surface area contributed by atoms with Crippen LogP contribution in [0.1, 0.15) is 27.2 Å². The molecule has 1 atom stereocenters. The number of alkyl halides is 1. The van der Waals surface area contributed by atoms with Crippen LogP contribution in [0.2, 0.25) is 0 Å². The van der Waals surface area contributed by atoms with Gasteiger partial charge in [-0.25, -0.2) is 0 Å². The summed E-state index contributed by atoms with van der Waals surface area (Å²) in [5.41, 5.74) is 0. The molecule has 0 heterocycles. The highest BCUT2D eigenvalue weighted by Gasteiger charge is 2.09. The molecule has 0 amide bonds. The molecule has 3 heteroatoms. The van der Waals surface area contributed by atoms with Gasteiger partial charge in [-0.3, -0.25) is 0 Å². The van der Waals surface area contributed by atoms with E-state index in [9.17, 15) is 0 Å². The summed E-state index contributed by atoms with van der Waals surface area (Å²) in [5.74, 6) is 0.672. The fourth-order valence-corrected chi connectivity index (χ4v) is 2.01. The van der Waals surface area contributed by atoms with Crippen LogP contribution < -0.4 is 5.32 Å². The zero-order valence-corrected chi connectivity index (χ0v) is 10.6. The number of hydrogen-bond acceptors (Lipinski definition) is 2. The molecule has 80 valence electrons. The van der Waals surface area contributed by atoms with E-state index in [1.807, 2.05) is 0 Å². The third kappa shape index (κ3) is 7.47. The maximum Gasteiger partial charge on any atom is 0.0591 e. The number of nitrogens with one attached hydrogen (secondary N) is 1. The minimum absolute atomic E-state index is 0.560. The largest absolute Gasteiger partial charge is 0.380 e. The zero-order valence-electron chi connectivity index (χ0n) is 8.98. The van der Waals surface area contributed by atoms with Crippen LogP contribution in [-0.4, -0.2) is 31.1 Å². The highest BCUT2D eigenvalue weighted by Crippen LogP contribution is 2.03. The first kappa shape index (κ1) is 13.4. The maximum absolute atomic E-state index is 5.38. The molecule has 0 saturated carbocycles. The van der Waals surface area contributed by atoms with Crippen molar-refractivity contribution in [3.05, 3.63) is 0 Å². The quantitative estimate of drug-likeness (QED) is 0.529. The third-order valence-electron chi connectivity index (χ3n) is 1.97. The number of ether oxygens (including phenoxy) is 1. The van der Waals surface area contributed by atoms with E-state index in [2.05, 4.69) is 42.0 Å². The van der Waals surface area contributed by atoms with Gasteiger partial charge in [0.1, 0.15) is 0 Å².